The summed E-state index contributed by atoms with van der Waals surface area (Å²) in [5.74, 6) is 1.13. The Kier molecular flexibility index (Phi) is 7.48. The van der Waals surface area contributed by atoms with Crippen LogP contribution in [0, 0.1) is 5.92 Å². The van der Waals surface area contributed by atoms with Gasteiger partial charge in [0.1, 0.15) is 5.75 Å². The fourth-order valence-corrected chi connectivity index (χ4v) is 3.43. The van der Waals surface area contributed by atoms with Crippen molar-refractivity contribution in [3.05, 3.63) is 38.2 Å². The molecule has 0 saturated carbocycles. The summed E-state index contributed by atoms with van der Waals surface area (Å²) in [7, 11) is 0. The smallest absolute Gasteiger partial charge is 0.258 e. The number of hydrogen-bond donors (Lipinski definition) is 0. The summed E-state index contributed by atoms with van der Waals surface area (Å²) in [6, 6.07) is 3.32. The second-order valence-electron chi connectivity index (χ2n) is 6.59. The number of unbranched alkanes of at least 4 members (excludes halogenated alkanes) is 2. The number of fused-ring (bicyclic) bond motifs is 1. The van der Waals surface area contributed by atoms with E-state index in [4.69, 9.17) is 39.5 Å². The molecular formula is C19H24Cl3NO2. The number of hydrogen-bond acceptors (Lipinski definition) is 2. The lowest BCUT2D eigenvalue weighted by Crippen LogP contribution is -2.26. The van der Waals surface area contributed by atoms with Crippen LogP contribution in [-0.2, 0) is 12.4 Å². The molecule has 6 heteroatoms. The lowest BCUT2D eigenvalue weighted by molar-refractivity contribution is 0.302. The molecule has 3 nitrogen and oxygen atoms in total. The third-order valence-corrected chi connectivity index (χ3v) is 5.01. The minimum Gasteiger partial charge on any atom is -0.491 e. The molecular weight excluding hydrogens is 381 g/mol. The molecule has 0 radical (unpaired) electrons. The highest BCUT2D eigenvalue weighted by Gasteiger charge is 2.19. The van der Waals surface area contributed by atoms with Crippen LogP contribution in [0.4, 0.5) is 0 Å². The Morgan fingerprint density at radius 2 is 1.76 bits per heavy atom. The SMILES string of the molecule is CCCCCOc1c(CCl)n(CC(C)C)c(=O)c2cc(Cl)c(Cl)cc12. The Labute approximate surface area is 163 Å². The number of aromatic nitrogens is 1. The van der Waals surface area contributed by atoms with Crippen LogP contribution in [0.25, 0.3) is 10.8 Å². The van der Waals surface area contributed by atoms with Gasteiger partial charge in [-0.1, -0.05) is 56.8 Å². The van der Waals surface area contributed by atoms with Gasteiger partial charge in [-0.2, -0.15) is 0 Å². The van der Waals surface area contributed by atoms with E-state index in [1.807, 2.05) is 0 Å². The maximum atomic E-state index is 13.0. The summed E-state index contributed by atoms with van der Waals surface area (Å²) >= 11 is 18.5. The van der Waals surface area contributed by atoms with Crippen LogP contribution in [0.3, 0.4) is 0 Å². The fourth-order valence-electron chi connectivity index (χ4n) is 2.84. The van der Waals surface area contributed by atoms with Gasteiger partial charge < -0.3 is 9.30 Å². The van der Waals surface area contributed by atoms with Crippen LogP contribution < -0.4 is 10.3 Å². The van der Waals surface area contributed by atoms with Gasteiger partial charge in [0.05, 0.1) is 33.6 Å². The molecule has 2 rings (SSSR count). The maximum absolute atomic E-state index is 13.0. The maximum Gasteiger partial charge on any atom is 0.258 e. The Hall–Kier alpha value is -0.900. The highest BCUT2D eigenvalue weighted by molar-refractivity contribution is 6.42. The molecule has 0 aliphatic carbocycles. The highest BCUT2D eigenvalue weighted by atomic mass is 35.5. The summed E-state index contributed by atoms with van der Waals surface area (Å²) in [5.41, 5.74) is 0.585. The Bertz CT molecular complexity index is 800. The van der Waals surface area contributed by atoms with E-state index in [2.05, 4.69) is 20.8 Å². The first-order valence-electron chi connectivity index (χ1n) is 8.63. The molecule has 1 aromatic carbocycles. The van der Waals surface area contributed by atoms with E-state index in [0.717, 1.165) is 19.3 Å². The summed E-state index contributed by atoms with van der Waals surface area (Å²) in [6.45, 7) is 7.41. The van der Waals surface area contributed by atoms with E-state index in [1.165, 1.54) is 0 Å². The second-order valence-corrected chi connectivity index (χ2v) is 7.67. The summed E-state index contributed by atoms with van der Waals surface area (Å²) in [6.07, 6.45) is 3.15. The van der Waals surface area contributed by atoms with E-state index in [-0.39, 0.29) is 11.4 Å². The molecule has 0 atom stereocenters. The van der Waals surface area contributed by atoms with Crippen LogP contribution in [0.5, 0.6) is 5.75 Å². The monoisotopic (exact) mass is 403 g/mol. The van der Waals surface area contributed by atoms with Gasteiger partial charge in [0.2, 0.25) is 0 Å². The lowest BCUT2D eigenvalue weighted by Gasteiger charge is -2.20. The fraction of sp³-hybridized carbons (Fsp3) is 0.526. The molecule has 138 valence electrons. The Balaban J connectivity index is 2.68. The number of halogens is 3. The van der Waals surface area contributed by atoms with E-state index < -0.39 is 0 Å². The van der Waals surface area contributed by atoms with Gasteiger partial charge >= 0.3 is 0 Å². The average molecular weight is 405 g/mol. The first-order valence-corrected chi connectivity index (χ1v) is 9.92. The molecule has 0 aliphatic rings. The van der Waals surface area contributed by atoms with Gasteiger partial charge in [0, 0.05) is 11.9 Å². The standard InChI is InChI=1S/C19H24Cl3NO2/c1-4-5-6-7-25-18-13-8-15(21)16(22)9-14(13)19(24)23(11-12(2)3)17(18)10-20/h8-9,12H,4-7,10-11H2,1-3H3. The van der Waals surface area contributed by atoms with Crippen molar-refractivity contribution in [1.29, 1.82) is 0 Å². The summed E-state index contributed by atoms with van der Waals surface area (Å²) in [5, 5.41) is 1.94. The highest BCUT2D eigenvalue weighted by Crippen LogP contribution is 2.35. The molecule has 0 fully saturated rings. The molecule has 0 N–H and O–H groups in total. The summed E-state index contributed by atoms with van der Waals surface area (Å²) in [4.78, 5) is 13.0. The van der Waals surface area contributed by atoms with Gasteiger partial charge in [-0.3, -0.25) is 4.79 Å². The van der Waals surface area contributed by atoms with Crippen molar-refractivity contribution >= 4 is 45.6 Å². The van der Waals surface area contributed by atoms with Crippen molar-refractivity contribution in [3.8, 4) is 5.75 Å². The zero-order chi connectivity index (χ0) is 18.6. The van der Waals surface area contributed by atoms with Crippen LogP contribution in [-0.4, -0.2) is 11.2 Å². The molecule has 25 heavy (non-hydrogen) atoms. The van der Waals surface area contributed by atoms with Gasteiger partial charge in [-0.15, -0.1) is 11.6 Å². The quantitative estimate of drug-likeness (QED) is 0.383. The number of alkyl halides is 1. The molecule has 0 unspecified atom stereocenters. The van der Waals surface area contributed by atoms with Gasteiger partial charge in [0.25, 0.3) is 5.56 Å². The van der Waals surface area contributed by atoms with Gasteiger partial charge in [0.15, 0.2) is 0 Å². The van der Waals surface area contributed by atoms with Crippen LogP contribution in [0.15, 0.2) is 16.9 Å². The van der Waals surface area contributed by atoms with Crippen molar-refractivity contribution in [3.63, 3.8) is 0 Å². The first kappa shape index (κ1) is 20.4. The van der Waals surface area contributed by atoms with E-state index >= 15 is 0 Å². The van der Waals surface area contributed by atoms with Crippen molar-refractivity contribution in [1.82, 2.24) is 4.57 Å². The number of benzene rings is 1. The van der Waals surface area contributed by atoms with E-state index in [9.17, 15) is 4.79 Å². The molecule has 1 heterocycles. The second kappa shape index (κ2) is 9.16. The van der Waals surface area contributed by atoms with Gasteiger partial charge in [-0.05, 0) is 24.5 Å². The van der Waals surface area contributed by atoms with Gasteiger partial charge in [-0.25, -0.2) is 0 Å². The third kappa shape index (κ3) is 4.64. The normalized spacial score (nSPS) is 11.5. The van der Waals surface area contributed by atoms with E-state index in [1.54, 1.807) is 16.7 Å². The number of pyridine rings is 1. The lowest BCUT2D eigenvalue weighted by atomic mass is 10.1. The molecule has 0 saturated heterocycles. The molecule has 0 spiro atoms. The molecule has 0 bridgehead atoms. The average Bonchev–Trinajstić information content (AvgIpc) is 2.56. The molecule has 0 amide bonds. The first-order chi connectivity index (χ1) is 11.9. The number of nitrogens with zero attached hydrogens (tertiary/aromatic N) is 1. The minimum atomic E-state index is -0.112. The molecule has 2 aromatic rings. The summed E-state index contributed by atoms with van der Waals surface area (Å²) < 4.78 is 7.78. The van der Waals surface area contributed by atoms with Crippen LogP contribution in [0.1, 0.15) is 45.7 Å². The zero-order valence-corrected chi connectivity index (χ0v) is 17.1. The largest absolute Gasteiger partial charge is 0.491 e. The van der Waals surface area contributed by atoms with Crippen molar-refractivity contribution in [2.45, 2.75) is 52.5 Å². The Morgan fingerprint density at radius 3 is 2.32 bits per heavy atom. The number of rotatable bonds is 8. The van der Waals surface area contributed by atoms with E-state index in [0.29, 0.717) is 51.3 Å². The topological polar surface area (TPSA) is 31.2 Å². The van der Waals surface area contributed by atoms with Crippen molar-refractivity contribution in [2.75, 3.05) is 6.61 Å². The predicted molar refractivity (Wildman–Crippen MR) is 108 cm³/mol. The van der Waals surface area contributed by atoms with Crippen molar-refractivity contribution in [2.24, 2.45) is 5.92 Å². The Morgan fingerprint density at radius 1 is 1.12 bits per heavy atom. The predicted octanol–water partition coefficient (Wildman–Crippen LogP) is 6.27. The van der Waals surface area contributed by atoms with Crippen LogP contribution in [0.2, 0.25) is 10.0 Å². The third-order valence-electron chi connectivity index (χ3n) is 4.04. The number of ether oxygens (including phenoxy) is 1. The molecule has 0 aliphatic heterocycles. The zero-order valence-electron chi connectivity index (χ0n) is 14.9. The van der Waals surface area contributed by atoms with Crippen LogP contribution >= 0.6 is 34.8 Å². The van der Waals surface area contributed by atoms with Crippen molar-refractivity contribution < 1.29 is 4.74 Å². The molecule has 1 aromatic heterocycles. The minimum absolute atomic E-state index is 0.112.